The highest BCUT2D eigenvalue weighted by atomic mass is 16.3. The lowest BCUT2D eigenvalue weighted by Gasteiger charge is -2.28. The molecule has 1 aromatic heterocycles. The summed E-state index contributed by atoms with van der Waals surface area (Å²) < 4.78 is 6.80. The summed E-state index contributed by atoms with van der Waals surface area (Å²) in [5.74, 6) is 0. The number of anilines is 3. The van der Waals surface area contributed by atoms with Crippen molar-refractivity contribution in [2.24, 2.45) is 0 Å². The number of hydrogen-bond donors (Lipinski definition) is 0. The maximum Gasteiger partial charge on any atom is 0.137 e. The van der Waals surface area contributed by atoms with Crippen molar-refractivity contribution >= 4 is 49.8 Å². The molecule has 0 unspecified atom stereocenters. The second kappa shape index (κ2) is 12.7. The Morgan fingerprint density at radius 2 is 0.982 bits per heavy atom. The molecule has 1 aliphatic rings. The van der Waals surface area contributed by atoms with E-state index in [2.05, 4.69) is 218 Å². The summed E-state index contributed by atoms with van der Waals surface area (Å²) in [7, 11) is 0. The number of benzene rings is 9. The third-order valence-corrected chi connectivity index (χ3v) is 12.0. The average Bonchev–Trinajstić information content (AvgIpc) is 3.78. The molecule has 2 nitrogen and oxygen atoms in total. The summed E-state index contributed by atoms with van der Waals surface area (Å²) in [6, 6.07) is 74.6. The van der Waals surface area contributed by atoms with Crippen molar-refractivity contribution in [3.8, 4) is 33.4 Å². The highest BCUT2D eigenvalue weighted by molar-refractivity contribution is 6.13. The maximum absolute atomic E-state index is 6.80. The number of rotatable bonds is 6. The van der Waals surface area contributed by atoms with E-state index in [1.54, 1.807) is 0 Å². The molecule has 0 fully saturated rings. The first-order valence-electron chi connectivity index (χ1n) is 19.3. The largest absolute Gasteiger partial charge is 0.456 e. The molecule has 0 saturated heterocycles. The van der Waals surface area contributed by atoms with Crippen LogP contribution in [0.1, 0.15) is 23.6 Å². The van der Waals surface area contributed by atoms with Crippen molar-refractivity contribution in [1.29, 1.82) is 0 Å². The summed E-state index contributed by atoms with van der Waals surface area (Å²) in [5.41, 5.74) is 15.9. The molecule has 0 radical (unpaired) electrons. The standard InChI is InChI=1S/C54H37NO/c1-54(48-18-9-7-16-45(48)46-17-8-10-19-49(46)54)42-28-33-47-52(35-42)56-51-21-11-20-50(53(47)51)55(43-29-24-38(25-30-43)36-12-3-2-4-13-36)44-31-26-39(27-32-44)41-23-22-37-14-5-6-15-40(37)34-41/h2-35H,1H3. The molecule has 10 aromatic rings. The second-order valence-electron chi connectivity index (χ2n) is 15.0. The Morgan fingerprint density at radius 1 is 0.411 bits per heavy atom. The van der Waals surface area contributed by atoms with E-state index in [9.17, 15) is 0 Å². The predicted octanol–water partition coefficient (Wildman–Crippen LogP) is 14.9. The summed E-state index contributed by atoms with van der Waals surface area (Å²) in [4.78, 5) is 2.37. The molecule has 0 N–H and O–H groups in total. The van der Waals surface area contributed by atoms with Gasteiger partial charge in [0.15, 0.2) is 0 Å². The molecule has 0 atom stereocenters. The van der Waals surface area contributed by atoms with Crippen LogP contribution in [-0.2, 0) is 5.41 Å². The van der Waals surface area contributed by atoms with Gasteiger partial charge in [0.25, 0.3) is 0 Å². The van der Waals surface area contributed by atoms with E-state index in [-0.39, 0.29) is 5.41 Å². The van der Waals surface area contributed by atoms with Crippen LogP contribution in [-0.4, -0.2) is 0 Å². The van der Waals surface area contributed by atoms with E-state index < -0.39 is 0 Å². The molecule has 0 saturated carbocycles. The van der Waals surface area contributed by atoms with Gasteiger partial charge in [-0.1, -0.05) is 158 Å². The minimum Gasteiger partial charge on any atom is -0.456 e. The van der Waals surface area contributed by atoms with Gasteiger partial charge in [0, 0.05) is 22.2 Å². The first-order chi connectivity index (χ1) is 27.6. The SMILES string of the molecule is CC1(c2ccc3c(c2)oc2cccc(N(c4ccc(-c5ccccc5)cc4)c4ccc(-c5ccc6ccccc6c5)cc4)c23)c2ccccc2-c2ccccc21. The Balaban J connectivity index is 1.06. The van der Waals surface area contributed by atoms with Gasteiger partial charge in [0.05, 0.1) is 11.1 Å². The smallest absolute Gasteiger partial charge is 0.137 e. The lowest BCUT2D eigenvalue weighted by atomic mass is 9.74. The van der Waals surface area contributed by atoms with Crippen LogP contribution in [0.5, 0.6) is 0 Å². The van der Waals surface area contributed by atoms with E-state index in [1.807, 2.05) is 0 Å². The topological polar surface area (TPSA) is 16.4 Å². The summed E-state index contributed by atoms with van der Waals surface area (Å²) in [5, 5.41) is 4.68. The van der Waals surface area contributed by atoms with Gasteiger partial charge >= 0.3 is 0 Å². The first kappa shape index (κ1) is 32.3. The van der Waals surface area contributed by atoms with Crippen LogP contribution in [0.15, 0.2) is 211 Å². The zero-order chi connectivity index (χ0) is 37.2. The average molecular weight is 716 g/mol. The van der Waals surface area contributed by atoms with Crippen LogP contribution in [0, 0.1) is 0 Å². The van der Waals surface area contributed by atoms with Gasteiger partial charge in [-0.2, -0.15) is 0 Å². The Morgan fingerprint density at radius 3 is 1.68 bits per heavy atom. The molecule has 0 aliphatic heterocycles. The number of furan rings is 1. The minimum atomic E-state index is -0.303. The van der Waals surface area contributed by atoms with Crippen molar-refractivity contribution < 1.29 is 4.42 Å². The van der Waals surface area contributed by atoms with E-state index in [0.29, 0.717) is 0 Å². The van der Waals surface area contributed by atoms with Crippen LogP contribution in [0.25, 0.3) is 66.1 Å². The number of nitrogens with zero attached hydrogens (tertiary/aromatic N) is 1. The van der Waals surface area contributed by atoms with E-state index in [0.717, 1.165) is 39.0 Å². The second-order valence-corrected chi connectivity index (χ2v) is 15.0. The van der Waals surface area contributed by atoms with Crippen LogP contribution in [0.2, 0.25) is 0 Å². The summed E-state index contributed by atoms with van der Waals surface area (Å²) in [6.45, 7) is 2.36. The third kappa shape index (κ3) is 5.03. The predicted molar refractivity (Wildman–Crippen MR) is 234 cm³/mol. The molecule has 2 heteroatoms. The molecular formula is C54H37NO. The van der Waals surface area contributed by atoms with Gasteiger partial charge in [0.1, 0.15) is 11.2 Å². The van der Waals surface area contributed by atoms with Gasteiger partial charge in [-0.3, -0.25) is 0 Å². The molecule has 1 heterocycles. The molecule has 9 aromatic carbocycles. The highest BCUT2D eigenvalue weighted by Crippen LogP contribution is 2.53. The van der Waals surface area contributed by atoms with Gasteiger partial charge in [-0.25, -0.2) is 0 Å². The fourth-order valence-corrected chi connectivity index (χ4v) is 9.10. The Kier molecular flexibility index (Phi) is 7.33. The normalized spacial score (nSPS) is 12.9. The molecule has 0 bridgehead atoms. The highest BCUT2D eigenvalue weighted by Gasteiger charge is 2.40. The quantitative estimate of drug-likeness (QED) is 0.170. The molecule has 0 spiro atoms. The molecular weight excluding hydrogens is 679 g/mol. The van der Waals surface area contributed by atoms with Crippen molar-refractivity contribution in [1.82, 2.24) is 0 Å². The summed E-state index contributed by atoms with van der Waals surface area (Å²) >= 11 is 0. The van der Waals surface area contributed by atoms with E-state index >= 15 is 0 Å². The van der Waals surface area contributed by atoms with E-state index in [1.165, 1.54) is 60.8 Å². The molecule has 0 amide bonds. The van der Waals surface area contributed by atoms with Crippen LogP contribution in [0.4, 0.5) is 17.1 Å². The van der Waals surface area contributed by atoms with E-state index in [4.69, 9.17) is 4.42 Å². The molecule has 11 rings (SSSR count). The van der Waals surface area contributed by atoms with Gasteiger partial charge in [-0.05, 0) is 116 Å². The van der Waals surface area contributed by atoms with Crippen LogP contribution >= 0.6 is 0 Å². The summed E-state index contributed by atoms with van der Waals surface area (Å²) in [6.07, 6.45) is 0. The Bertz CT molecular complexity index is 3040. The Hall–Kier alpha value is -7.16. The van der Waals surface area contributed by atoms with Crippen molar-refractivity contribution in [3.63, 3.8) is 0 Å². The fraction of sp³-hybridized carbons (Fsp3) is 0.0370. The lowest BCUT2D eigenvalue weighted by Crippen LogP contribution is -2.22. The zero-order valence-electron chi connectivity index (χ0n) is 31.0. The van der Waals surface area contributed by atoms with Crippen LogP contribution < -0.4 is 4.90 Å². The maximum atomic E-state index is 6.80. The van der Waals surface area contributed by atoms with Crippen LogP contribution in [0.3, 0.4) is 0 Å². The third-order valence-electron chi connectivity index (χ3n) is 12.0. The monoisotopic (exact) mass is 715 g/mol. The zero-order valence-corrected chi connectivity index (χ0v) is 31.0. The molecule has 56 heavy (non-hydrogen) atoms. The first-order valence-corrected chi connectivity index (χ1v) is 19.3. The number of hydrogen-bond acceptors (Lipinski definition) is 2. The Labute approximate surface area is 326 Å². The lowest BCUT2D eigenvalue weighted by molar-refractivity contribution is 0.662. The van der Waals surface area contributed by atoms with Crippen molar-refractivity contribution in [3.05, 3.63) is 223 Å². The van der Waals surface area contributed by atoms with Crippen molar-refractivity contribution in [2.45, 2.75) is 12.3 Å². The molecule has 1 aliphatic carbocycles. The van der Waals surface area contributed by atoms with Crippen molar-refractivity contribution in [2.75, 3.05) is 4.90 Å². The molecule has 264 valence electrons. The number of fused-ring (bicyclic) bond motifs is 7. The van der Waals surface area contributed by atoms with Gasteiger partial charge < -0.3 is 9.32 Å². The fourth-order valence-electron chi connectivity index (χ4n) is 9.10. The van der Waals surface area contributed by atoms with Gasteiger partial charge in [-0.15, -0.1) is 0 Å². The van der Waals surface area contributed by atoms with Gasteiger partial charge in [0.2, 0.25) is 0 Å². The minimum absolute atomic E-state index is 0.303.